The van der Waals surface area contributed by atoms with Gasteiger partial charge in [-0.05, 0) is 63.2 Å². The predicted molar refractivity (Wildman–Crippen MR) is 119 cm³/mol. The molecule has 0 radical (unpaired) electrons. The van der Waals surface area contributed by atoms with Crippen molar-refractivity contribution in [3.05, 3.63) is 83.7 Å². The summed E-state index contributed by atoms with van der Waals surface area (Å²) in [7, 11) is 0. The van der Waals surface area contributed by atoms with Gasteiger partial charge in [0.05, 0.1) is 34.6 Å². The maximum atomic E-state index is 12.8. The minimum atomic E-state index is -0.395. The number of para-hydroxylation sites is 1. The third-order valence-electron chi connectivity index (χ3n) is 4.78. The van der Waals surface area contributed by atoms with E-state index in [0.717, 1.165) is 10.9 Å². The molecule has 1 amide bonds. The van der Waals surface area contributed by atoms with Crippen LogP contribution >= 0.6 is 0 Å². The van der Waals surface area contributed by atoms with Gasteiger partial charge in [-0.2, -0.15) is 5.10 Å². The number of pyridine rings is 1. The third-order valence-corrected chi connectivity index (χ3v) is 4.78. The zero-order valence-corrected chi connectivity index (χ0v) is 17.5. The first-order valence-corrected chi connectivity index (χ1v) is 9.95. The highest BCUT2D eigenvalue weighted by Gasteiger charge is 2.17. The van der Waals surface area contributed by atoms with Gasteiger partial charge in [-0.15, -0.1) is 0 Å². The summed E-state index contributed by atoms with van der Waals surface area (Å²) in [5.41, 5.74) is 2.98. The average Bonchev–Trinajstić information content (AvgIpc) is 3.15. The Morgan fingerprint density at radius 1 is 1.00 bits per heavy atom. The molecule has 4 rings (SSSR count). The molecule has 31 heavy (non-hydrogen) atoms. The van der Waals surface area contributed by atoms with Crippen LogP contribution in [0.15, 0.2) is 66.9 Å². The Kier molecular flexibility index (Phi) is 5.49. The molecule has 0 saturated heterocycles. The van der Waals surface area contributed by atoms with Gasteiger partial charge in [0.25, 0.3) is 5.91 Å². The van der Waals surface area contributed by atoms with E-state index in [9.17, 15) is 9.59 Å². The van der Waals surface area contributed by atoms with Crippen molar-refractivity contribution in [2.75, 3.05) is 5.32 Å². The van der Waals surface area contributed by atoms with Crippen molar-refractivity contribution < 1.29 is 14.3 Å². The Hall–Kier alpha value is -4.00. The molecule has 7 heteroatoms. The lowest BCUT2D eigenvalue weighted by Crippen LogP contribution is -2.14. The van der Waals surface area contributed by atoms with Crippen molar-refractivity contribution in [3.8, 4) is 5.82 Å². The zero-order chi connectivity index (χ0) is 22.0. The van der Waals surface area contributed by atoms with Crippen LogP contribution in [0.4, 0.5) is 5.69 Å². The molecule has 0 saturated carbocycles. The molecule has 156 valence electrons. The van der Waals surface area contributed by atoms with Crippen molar-refractivity contribution >= 4 is 28.5 Å². The standard InChI is InChI=1S/C24H22N4O3/c1-15(2)31-24(30)18-8-11-19(12-9-18)26-23(29)20-14-25-28(16(20)3)22-13-10-17-6-4-5-7-21(17)27-22/h4-15H,1-3H3,(H,26,29). The van der Waals surface area contributed by atoms with Crippen LogP contribution in [0.25, 0.3) is 16.7 Å². The predicted octanol–water partition coefficient (Wildman–Crippen LogP) is 4.55. The van der Waals surface area contributed by atoms with Gasteiger partial charge in [0.2, 0.25) is 0 Å². The fourth-order valence-corrected chi connectivity index (χ4v) is 3.21. The van der Waals surface area contributed by atoms with Crippen LogP contribution in [0.2, 0.25) is 0 Å². The second kappa shape index (κ2) is 8.39. The third kappa shape index (κ3) is 4.30. The van der Waals surface area contributed by atoms with Crippen molar-refractivity contribution in [2.45, 2.75) is 26.9 Å². The molecule has 4 aromatic rings. The van der Waals surface area contributed by atoms with Crippen LogP contribution in [-0.4, -0.2) is 32.7 Å². The van der Waals surface area contributed by atoms with Crippen LogP contribution < -0.4 is 5.32 Å². The number of hydrogen-bond acceptors (Lipinski definition) is 5. The Morgan fingerprint density at radius 2 is 1.74 bits per heavy atom. The quantitative estimate of drug-likeness (QED) is 0.484. The maximum Gasteiger partial charge on any atom is 0.338 e. The van der Waals surface area contributed by atoms with E-state index in [1.54, 1.807) is 42.8 Å². The number of nitrogens with one attached hydrogen (secondary N) is 1. The van der Waals surface area contributed by atoms with E-state index in [0.29, 0.717) is 28.3 Å². The maximum absolute atomic E-state index is 12.8. The Labute approximate surface area is 179 Å². The number of benzene rings is 2. The molecule has 0 aliphatic rings. The second-order valence-corrected chi connectivity index (χ2v) is 7.40. The van der Waals surface area contributed by atoms with Crippen molar-refractivity contribution in [2.24, 2.45) is 0 Å². The topological polar surface area (TPSA) is 86.1 Å². The summed E-state index contributed by atoms with van der Waals surface area (Å²) in [4.78, 5) is 29.4. The fraction of sp³-hybridized carbons (Fsp3) is 0.167. The SMILES string of the molecule is Cc1c(C(=O)Nc2ccc(C(=O)OC(C)C)cc2)cnn1-c1ccc2ccccc2n1. The lowest BCUT2D eigenvalue weighted by Gasteiger charge is -2.09. The number of ether oxygens (including phenoxy) is 1. The smallest absolute Gasteiger partial charge is 0.338 e. The average molecular weight is 414 g/mol. The number of fused-ring (bicyclic) bond motifs is 1. The van der Waals surface area contributed by atoms with Crippen LogP contribution in [0.5, 0.6) is 0 Å². The van der Waals surface area contributed by atoms with E-state index < -0.39 is 5.97 Å². The number of anilines is 1. The highest BCUT2D eigenvalue weighted by molar-refractivity contribution is 6.05. The molecular weight excluding hydrogens is 392 g/mol. The normalized spacial score (nSPS) is 11.0. The largest absolute Gasteiger partial charge is 0.459 e. The number of rotatable bonds is 5. The van der Waals surface area contributed by atoms with Gasteiger partial charge in [-0.1, -0.05) is 18.2 Å². The molecule has 2 aromatic heterocycles. The van der Waals surface area contributed by atoms with Crippen LogP contribution in [0.3, 0.4) is 0 Å². The van der Waals surface area contributed by atoms with Gasteiger partial charge in [0.1, 0.15) is 0 Å². The fourth-order valence-electron chi connectivity index (χ4n) is 3.21. The minimum Gasteiger partial charge on any atom is -0.459 e. The Morgan fingerprint density at radius 3 is 2.48 bits per heavy atom. The number of carbonyl (C=O) groups is 2. The highest BCUT2D eigenvalue weighted by atomic mass is 16.5. The number of hydrogen-bond donors (Lipinski definition) is 1. The number of carbonyl (C=O) groups excluding carboxylic acids is 2. The molecule has 2 aromatic carbocycles. The van der Waals surface area contributed by atoms with Crippen molar-refractivity contribution in [3.63, 3.8) is 0 Å². The van der Waals surface area contributed by atoms with Gasteiger partial charge in [-0.25, -0.2) is 14.5 Å². The zero-order valence-electron chi connectivity index (χ0n) is 17.5. The molecule has 7 nitrogen and oxygen atoms in total. The first-order chi connectivity index (χ1) is 14.9. The summed E-state index contributed by atoms with van der Waals surface area (Å²) >= 11 is 0. The van der Waals surface area contributed by atoms with E-state index in [4.69, 9.17) is 4.74 Å². The summed E-state index contributed by atoms with van der Waals surface area (Å²) in [6.07, 6.45) is 1.33. The first-order valence-electron chi connectivity index (χ1n) is 9.95. The Balaban J connectivity index is 1.52. The van der Waals surface area contributed by atoms with E-state index in [1.807, 2.05) is 43.3 Å². The molecule has 0 unspecified atom stereocenters. The molecule has 0 aliphatic carbocycles. The summed E-state index contributed by atoms with van der Waals surface area (Å²) in [5.74, 6) is -0.0433. The first kappa shape index (κ1) is 20.3. The lowest BCUT2D eigenvalue weighted by molar-refractivity contribution is 0.0378. The van der Waals surface area contributed by atoms with Gasteiger partial charge >= 0.3 is 5.97 Å². The van der Waals surface area contributed by atoms with Gasteiger partial charge < -0.3 is 10.1 Å². The van der Waals surface area contributed by atoms with E-state index in [2.05, 4.69) is 15.4 Å². The number of amides is 1. The van der Waals surface area contributed by atoms with Crippen molar-refractivity contribution in [1.82, 2.24) is 14.8 Å². The summed E-state index contributed by atoms with van der Waals surface area (Å²) in [5, 5.41) is 8.22. The van der Waals surface area contributed by atoms with Gasteiger partial charge in [0, 0.05) is 11.1 Å². The lowest BCUT2D eigenvalue weighted by atomic mass is 10.2. The van der Waals surface area contributed by atoms with E-state index in [-0.39, 0.29) is 12.0 Å². The molecule has 1 N–H and O–H groups in total. The molecule has 0 bridgehead atoms. The van der Waals surface area contributed by atoms with Crippen LogP contribution in [0, 0.1) is 6.92 Å². The van der Waals surface area contributed by atoms with Crippen molar-refractivity contribution in [1.29, 1.82) is 0 Å². The molecule has 0 fully saturated rings. The number of nitrogens with zero attached hydrogens (tertiary/aromatic N) is 3. The molecule has 0 spiro atoms. The Bertz CT molecular complexity index is 1260. The molecule has 0 atom stereocenters. The highest BCUT2D eigenvalue weighted by Crippen LogP contribution is 2.19. The van der Waals surface area contributed by atoms with Crippen LogP contribution in [0.1, 0.15) is 40.3 Å². The molecular formula is C24H22N4O3. The summed E-state index contributed by atoms with van der Waals surface area (Å²) < 4.78 is 6.82. The monoisotopic (exact) mass is 414 g/mol. The second-order valence-electron chi connectivity index (χ2n) is 7.40. The minimum absolute atomic E-state index is 0.191. The molecule has 2 heterocycles. The van der Waals surface area contributed by atoms with E-state index in [1.165, 1.54) is 6.20 Å². The number of aromatic nitrogens is 3. The molecule has 0 aliphatic heterocycles. The van der Waals surface area contributed by atoms with E-state index >= 15 is 0 Å². The summed E-state index contributed by atoms with van der Waals surface area (Å²) in [6, 6.07) is 18.3. The number of esters is 1. The van der Waals surface area contributed by atoms with Gasteiger partial charge in [0.15, 0.2) is 5.82 Å². The summed E-state index contributed by atoms with van der Waals surface area (Å²) in [6.45, 7) is 5.41. The van der Waals surface area contributed by atoms with Crippen LogP contribution in [-0.2, 0) is 4.74 Å². The van der Waals surface area contributed by atoms with Gasteiger partial charge in [-0.3, -0.25) is 4.79 Å².